The molecule has 0 spiro atoms. The largest absolute Gasteiger partial charge is 0.355 e. The van der Waals surface area contributed by atoms with E-state index in [2.05, 4.69) is 61.9 Å². The van der Waals surface area contributed by atoms with Gasteiger partial charge in [-0.05, 0) is 42.2 Å². The van der Waals surface area contributed by atoms with Crippen LogP contribution < -0.4 is 5.32 Å². The number of rotatable bonds is 10. The molecule has 1 saturated carbocycles. The van der Waals surface area contributed by atoms with Gasteiger partial charge in [0.15, 0.2) is 5.16 Å². The quantitative estimate of drug-likeness (QED) is 0.440. The van der Waals surface area contributed by atoms with Crippen molar-refractivity contribution in [3.63, 3.8) is 0 Å². The van der Waals surface area contributed by atoms with Crippen molar-refractivity contribution in [1.29, 1.82) is 0 Å². The van der Waals surface area contributed by atoms with Crippen molar-refractivity contribution >= 4 is 29.0 Å². The predicted octanol–water partition coefficient (Wildman–Crippen LogP) is 4.96. The Morgan fingerprint density at radius 3 is 2.71 bits per heavy atom. The highest BCUT2D eigenvalue weighted by molar-refractivity contribution is 7.99. The van der Waals surface area contributed by atoms with Gasteiger partial charge in [-0.25, -0.2) is 0 Å². The molecule has 5 nitrogen and oxygen atoms in total. The fraction of sp³-hybridized carbons (Fsp3) is 0.458. The number of aromatic nitrogens is 3. The second kappa shape index (κ2) is 11.5. The van der Waals surface area contributed by atoms with Gasteiger partial charge in [0.2, 0.25) is 5.91 Å². The molecule has 1 aromatic carbocycles. The Kier molecular flexibility index (Phi) is 8.18. The Bertz CT molecular complexity index is 934. The molecular formula is C24H30N4OS2. The summed E-state index contributed by atoms with van der Waals surface area (Å²) < 4.78 is 2.19. The maximum atomic E-state index is 12.4. The first-order chi connectivity index (χ1) is 15.3. The normalized spacial score (nSPS) is 14.6. The van der Waals surface area contributed by atoms with Crippen LogP contribution >= 0.6 is 23.1 Å². The average Bonchev–Trinajstić information content (AvgIpc) is 3.46. The Morgan fingerprint density at radius 2 is 1.94 bits per heavy atom. The monoisotopic (exact) mass is 454 g/mol. The van der Waals surface area contributed by atoms with Crippen LogP contribution in [0.25, 0.3) is 0 Å². The van der Waals surface area contributed by atoms with Crippen LogP contribution in [0.2, 0.25) is 0 Å². The minimum Gasteiger partial charge on any atom is -0.355 e. The first-order valence-corrected chi connectivity index (χ1v) is 13.0. The number of amides is 1. The molecule has 0 atom stereocenters. The maximum absolute atomic E-state index is 12.4. The average molecular weight is 455 g/mol. The highest BCUT2D eigenvalue weighted by atomic mass is 32.2. The molecule has 1 aliphatic carbocycles. The van der Waals surface area contributed by atoms with E-state index in [9.17, 15) is 4.79 Å². The molecule has 2 aromatic heterocycles. The second-order valence-electron chi connectivity index (χ2n) is 8.14. The molecule has 0 radical (unpaired) electrons. The molecule has 1 N–H and O–H groups in total. The molecule has 0 unspecified atom stereocenters. The van der Waals surface area contributed by atoms with Gasteiger partial charge in [-0.1, -0.05) is 67.4 Å². The van der Waals surface area contributed by atoms with E-state index in [1.807, 2.05) is 6.07 Å². The molecule has 1 aliphatic rings. The molecule has 31 heavy (non-hydrogen) atoms. The number of thioether (sulfide) groups is 1. The fourth-order valence-corrected chi connectivity index (χ4v) is 5.58. The van der Waals surface area contributed by atoms with Crippen molar-refractivity contribution < 1.29 is 4.79 Å². The summed E-state index contributed by atoms with van der Waals surface area (Å²) >= 11 is 3.23. The third kappa shape index (κ3) is 6.68. The van der Waals surface area contributed by atoms with E-state index in [1.54, 1.807) is 11.3 Å². The number of aryl methyl sites for hydroxylation is 1. The Balaban J connectivity index is 1.37. The van der Waals surface area contributed by atoms with Crippen molar-refractivity contribution in [2.45, 2.75) is 56.6 Å². The topological polar surface area (TPSA) is 59.8 Å². The van der Waals surface area contributed by atoms with E-state index in [-0.39, 0.29) is 5.91 Å². The Labute approximate surface area is 192 Å². The summed E-state index contributed by atoms with van der Waals surface area (Å²) in [5, 5.41) is 14.9. The molecule has 4 rings (SSSR count). The van der Waals surface area contributed by atoms with E-state index in [0.717, 1.165) is 36.9 Å². The molecular weight excluding hydrogens is 424 g/mol. The van der Waals surface area contributed by atoms with E-state index >= 15 is 0 Å². The number of nitrogens with one attached hydrogen (secondary N) is 1. The van der Waals surface area contributed by atoms with Crippen LogP contribution in [-0.4, -0.2) is 33.0 Å². The van der Waals surface area contributed by atoms with Gasteiger partial charge < -0.3 is 9.88 Å². The van der Waals surface area contributed by atoms with Crippen LogP contribution in [0.5, 0.6) is 0 Å². The van der Waals surface area contributed by atoms with Gasteiger partial charge >= 0.3 is 0 Å². The van der Waals surface area contributed by atoms with Crippen LogP contribution in [0.15, 0.2) is 53.0 Å². The minimum atomic E-state index is 0.0907. The van der Waals surface area contributed by atoms with Gasteiger partial charge in [0, 0.05) is 24.4 Å². The predicted molar refractivity (Wildman–Crippen MR) is 128 cm³/mol. The molecule has 0 saturated heterocycles. The van der Waals surface area contributed by atoms with Crippen molar-refractivity contribution in [2.24, 2.45) is 5.92 Å². The molecule has 164 valence electrons. The summed E-state index contributed by atoms with van der Waals surface area (Å²) in [6.07, 6.45) is 8.11. The fourth-order valence-electron chi connectivity index (χ4n) is 4.07. The minimum absolute atomic E-state index is 0.0907. The summed E-state index contributed by atoms with van der Waals surface area (Å²) in [5.74, 6) is 2.08. The van der Waals surface area contributed by atoms with Crippen LogP contribution in [-0.2, 0) is 24.2 Å². The highest BCUT2D eigenvalue weighted by Crippen LogP contribution is 2.23. The number of thiophene rings is 1. The first kappa shape index (κ1) is 22.1. The summed E-state index contributed by atoms with van der Waals surface area (Å²) in [4.78, 5) is 13.7. The van der Waals surface area contributed by atoms with Gasteiger partial charge in [-0.2, -0.15) is 0 Å². The van der Waals surface area contributed by atoms with Gasteiger partial charge in [0.1, 0.15) is 5.82 Å². The summed E-state index contributed by atoms with van der Waals surface area (Å²) in [5.41, 5.74) is 1.29. The van der Waals surface area contributed by atoms with Crippen LogP contribution in [0, 0.1) is 5.92 Å². The third-order valence-corrected chi connectivity index (χ3v) is 7.66. The molecule has 3 aromatic rings. The van der Waals surface area contributed by atoms with Gasteiger partial charge in [-0.15, -0.1) is 21.5 Å². The lowest BCUT2D eigenvalue weighted by atomic mass is 9.89. The Morgan fingerprint density at radius 1 is 1.10 bits per heavy atom. The van der Waals surface area contributed by atoms with Crippen molar-refractivity contribution in [3.05, 3.63) is 64.1 Å². The zero-order valence-corrected chi connectivity index (χ0v) is 19.5. The van der Waals surface area contributed by atoms with Crippen molar-refractivity contribution in [2.75, 3.05) is 12.3 Å². The first-order valence-electron chi connectivity index (χ1n) is 11.2. The third-order valence-electron chi connectivity index (χ3n) is 5.82. The van der Waals surface area contributed by atoms with Crippen molar-refractivity contribution in [3.8, 4) is 0 Å². The number of hydrogen-bond donors (Lipinski definition) is 1. The molecule has 2 heterocycles. The van der Waals surface area contributed by atoms with Crippen LogP contribution in [0.4, 0.5) is 0 Å². The number of nitrogens with zero attached hydrogens (tertiary/aromatic N) is 3. The molecule has 7 heteroatoms. The second-order valence-corrected chi connectivity index (χ2v) is 10.1. The highest BCUT2D eigenvalue weighted by Gasteiger charge is 2.17. The van der Waals surface area contributed by atoms with Gasteiger partial charge in [0.05, 0.1) is 5.75 Å². The number of hydrogen-bond acceptors (Lipinski definition) is 5. The molecule has 1 amide bonds. The van der Waals surface area contributed by atoms with Crippen molar-refractivity contribution in [1.82, 2.24) is 20.1 Å². The smallest absolute Gasteiger partial charge is 0.230 e. The summed E-state index contributed by atoms with van der Waals surface area (Å²) in [7, 11) is 0. The lowest BCUT2D eigenvalue weighted by molar-refractivity contribution is -0.118. The summed E-state index contributed by atoms with van der Waals surface area (Å²) in [6, 6.07) is 14.7. The lowest BCUT2D eigenvalue weighted by Crippen LogP contribution is -2.31. The van der Waals surface area contributed by atoms with E-state index < -0.39 is 0 Å². The Hall–Kier alpha value is -2.12. The molecule has 1 fully saturated rings. The molecule has 0 aliphatic heterocycles. The zero-order valence-electron chi connectivity index (χ0n) is 17.8. The standard InChI is InChI=1S/C24H30N4OS2/c29-23(25-17-20-10-5-2-6-11-20)18-31-24-27-26-22(16-21-12-7-15-30-21)28(24)14-13-19-8-3-1-4-9-19/h1,3-4,7-9,12,15,20H,2,5-6,10-11,13-14,16-18H2,(H,25,29). The van der Waals surface area contributed by atoms with E-state index in [0.29, 0.717) is 11.7 Å². The van der Waals surface area contributed by atoms with E-state index in [4.69, 9.17) is 0 Å². The summed E-state index contributed by atoms with van der Waals surface area (Å²) in [6.45, 7) is 1.62. The van der Waals surface area contributed by atoms with Gasteiger partial charge in [0.25, 0.3) is 0 Å². The SMILES string of the molecule is O=C(CSc1nnc(Cc2cccs2)n1CCc1ccccc1)NCC1CCCCC1. The van der Waals surface area contributed by atoms with E-state index in [1.165, 1.54) is 54.3 Å². The molecule has 0 bridgehead atoms. The number of carbonyl (C=O) groups is 1. The van der Waals surface area contributed by atoms with Crippen LogP contribution in [0.3, 0.4) is 0 Å². The number of benzene rings is 1. The lowest BCUT2D eigenvalue weighted by Gasteiger charge is -2.21. The van der Waals surface area contributed by atoms with Gasteiger partial charge in [-0.3, -0.25) is 4.79 Å². The van der Waals surface area contributed by atoms with Crippen LogP contribution in [0.1, 0.15) is 48.4 Å². The zero-order chi connectivity index (χ0) is 21.3. The number of carbonyl (C=O) groups excluding carboxylic acids is 1. The maximum Gasteiger partial charge on any atom is 0.230 e.